The summed E-state index contributed by atoms with van der Waals surface area (Å²) in [6.45, 7) is 13.3. The van der Waals surface area contributed by atoms with E-state index in [-0.39, 0.29) is 0 Å². The molecule has 0 fully saturated rings. The summed E-state index contributed by atoms with van der Waals surface area (Å²) in [5.74, 6) is 2.62. The molecule has 0 aliphatic rings. The van der Waals surface area contributed by atoms with Gasteiger partial charge in [0, 0.05) is 0 Å². The second-order valence-electron chi connectivity index (χ2n) is 5.62. The van der Waals surface area contributed by atoms with E-state index in [1.165, 1.54) is 38.5 Å². The monoisotopic (exact) mass is 211 g/mol. The zero-order chi connectivity index (χ0) is 11.7. The van der Waals surface area contributed by atoms with Crippen LogP contribution in [-0.2, 0) is 0 Å². The third kappa shape index (κ3) is 8.96. The number of unbranched alkanes of at least 4 members (excludes halogenated alkanes) is 2. The standard InChI is InChI=1S/C15H31/c1-6-8-9-10-15(11-13(3)4)12-14(5)7-2/h13-15H,2,6-12H2,1,3-5H3. The van der Waals surface area contributed by atoms with E-state index in [0.717, 1.165) is 24.2 Å². The van der Waals surface area contributed by atoms with Gasteiger partial charge >= 0.3 is 0 Å². The van der Waals surface area contributed by atoms with Gasteiger partial charge < -0.3 is 0 Å². The molecule has 0 saturated carbocycles. The molecule has 91 valence electrons. The molecular formula is C15H31. The Morgan fingerprint density at radius 1 is 1.00 bits per heavy atom. The molecule has 2 atom stereocenters. The van der Waals surface area contributed by atoms with Crippen molar-refractivity contribution in [2.24, 2.45) is 17.8 Å². The molecule has 0 saturated heterocycles. The number of hydrogen-bond acceptors (Lipinski definition) is 0. The van der Waals surface area contributed by atoms with Crippen LogP contribution in [0.4, 0.5) is 0 Å². The summed E-state index contributed by atoms with van der Waals surface area (Å²) in [6.07, 6.45) is 9.53. The fourth-order valence-corrected chi connectivity index (χ4v) is 2.37. The predicted molar refractivity (Wildman–Crippen MR) is 70.8 cm³/mol. The summed E-state index contributed by atoms with van der Waals surface area (Å²) in [5.41, 5.74) is 0. The molecule has 0 N–H and O–H groups in total. The van der Waals surface area contributed by atoms with E-state index in [1.54, 1.807) is 0 Å². The third-order valence-electron chi connectivity index (χ3n) is 3.25. The van der Waals surface area contributed by atoms with Gasteiger partial charge in [0.1, 0.15) is 0 Å². The van der Waals surface area contributed by atoms with Crippen molar-refractivity contribution in [1.82, 2.24) is 0 Å². The lowest BCUT2D eigenvalue weighted by Crippen LogP contribution is -2.09. The molecule has 0 aromatic rings. The van der Waals surface area contributed by atoms with E-state index in [2.05, 4.69) is 34.6 Å². The van der Waals surface area contributed by atoms with Crippen molar-refractivity contribution in [1.29, 1.82) is 0 Å². The van der Waals surface area contributed by atoms with Crippen LogP contribution in [0.2, 0.25) is 0 Å². The lowest BCUT2D eigenvalue weighted by Gasteiger charge is -2.22. The van der Waals surface area contributed by atoms with Crippen LogP contribution in [0.5, 0.6) is 0 Å². The maximum atomic E-state index is 4.01. The molecule has 0 heteroatoms. The first-order chi connectivity index (χ1) is 7.10. The molecule has 15 heavy (non-hydrogen) atoms. The van der Waals surface area contributed by atoms with E-state index >= 15 is 0 Å². The minimum absolute atomic E-state index is 0.815. The van der Waals surface area contributed by atoms with Crippen LogP contribution < -0.4 is 0 Å². The van der Waals surface area contributed by atoms with Crippen LogP contribution in [0.15, 0.2) is 0 Å². The van der Waals surface area contributed by atoms with Crippen LogP contribution in [0.25, 0.3) is 0 Å². The molecule has 0 aromatic heterocycles. The summed E-state index contributed by atoms with van der Waals surface area (Å²) in [6, 6.07) is 0. The molecule has 0 aliphatic carbocycles. The highest BCUT2D eigenvalue weighted by Crippen LogP contribution is 2.26. The van der Waals surface area contributed by atoms with E-state index < -0.39 is 0 Å². The van der Waals surface area contributed by atoms with Crippen molar-refractivity contribution >= 4 is 0 Å². The topological polar surface area (TPSA) is 0 Å². The fraction of sp³-hybridized carbons (Fsp3) is 0.933. The fourth-order valence-electron chi connectivity index (χ4n) is 2.37. The highest BCUT2D eigenvalue weighted by atomic mass is 14.2. The quantitative estimate of drug-likeness (QED) is 0.443. The molecule has 0 bridgehead atoms. The van der Waals surface area contributed by atoms with Crippen molar-refractivity contribution < 1.29 is 0 Å². The average molecular weight is 211 g/mol. The second-order valence-corrected chi connectivity index (χ2v) is 5.62. The highest BCUT2D eigenvalue weighted by molar-refractivity contribution is 4.66. The van der Waals surface area contributed by atoms with Gasteiger partial charge in [0.25, 0.3) is 0 Å². The molecule has 0 nitrogen and oxygen atoms in total. The van der Waals surface area contributed by atoms with Crippen LogP contribution in [0.1, 0.15) is 72.6 Å². The van der Waals surface area contributed by atoms with Gasteiger partial charge in [0.05, 0.1) is 0 Å². The van der Waals surface area contributed by atoms with E-state index in [4.69, 9.17) is 0 Å². The van der Waals surface area contributed by atoms with Gasteiger partial charge in [-0.3, -0.25) is 0 Å². The summed E-state index contributed by atoms with van der Waals surface area (Å²) >= 11 is 0. The maximum absolute atomic E-state index is 4.01. The van der Waals surface area contributed by atoms with Crippen molar-refractivity contribution in [3.8, 4) is 0 Å². The molecule has 0 spiro atoms. The average Bonchev–Trinajstić information content (AvgIpc) is 2.17. The van der Waals surface area contributed by atoms with Crippen LogP contribution in [0, 0.1) is 24.7 Å². The Morgan fingerprint density at radius 2 is 1.67 bits per heavy atom. The molecule has 0 rings (SSSR count). The van der Waals surface area contributed by atoms with Crippen molar-refractivity contribution in [3.05, 3.63) is 6.92 Å². The first-order valence-corrected chi connectivity index (χ1v) is 6.89. The Labute approximate surface area is 97.8 Å². The lowest BCUT2D eigenvalue weighted by molar-refractivity contribution is 0.307. The Morgan fingerprint density at radius 3 is 2.13 bits per heavy atom. The zero-order valence-electron chi connectivity index (χ0n) is 11.4. The molecule has 0 amide bonds. The third-order valence-corrected chi connectivity index (χ3v) is 3.25. The van der Waals surface area contributed by atoms with Crippen LogP contribution in [0.3, 0.4) is 0 Å². The van der Waals surface area contributed by atoms with Crippen molar-refractivity contribution in [2.45, 2.75) is 72.6 Å². The predicted octanol–water partition coefficient (Wildman–Crippen LogP) is 5.48. The van der Waals surface area contributed by atoms with Crippen LogP contribution in [-0.4, -0.2) is 0 Å². The summed E-state index contributed by atoms with van der Waals surface area (Å²) < 4.78 is 0. The van der Waals surface area contributed by atoms with Crippen LogP contribution >= 0.6 is 0 Å². The molecular weight excluding hydrogens is 180 g/mol. The Bertz CT molecular complexity index is 126. The van der Waals surface area contributed by atoms with E-state index in [1.807, 2.05) is 0 Å². The number of hydrogen-bond donors (Lipinski definition) is 0. The maximum Gasteiger partial charge on any atom is -0.0409 e. The first kappa shape index (κ1) is 15.0. The largest absolute Gasteiger partial charge is 0.0654 e. The van der Waals surface area contributed by atoms with Gasteiger partial charge in [0.2, 0.25) is 0 Å². The Balaban J connectivity index is 3.83. The second kappa shape index (κ2) is 9.24. The zero-order valence-corrected chi connectivity index (χ0v) is 11.4. The van der Waals surface area contributed by atoms with Gasteiger partial charge in [-0.2, -0.15) is 0 Å². The van der Waals surface area contributed by atoms with Gasteiger partial charge in [-0.25, -0.2) is 0 Å². The van der Waals surface area contributed by atoms with Crippen molar-refractivity contribution in [3.63, 3.8) is 0 Å². The van der Waals surface area contributed by atoms with Gasteiger partial charge in [-0.05, 0) is 30.6 Å². The van der Waals surface area contributed by atoms with Gasteiger partial charge in [-0.1, -0.05) is 66.7 Å². The Kier molecular flexibility index (Phi) is 9.24. The summed E-state index contributed by atoms with van der Waals surface area (Å²) in [5, 5.41) is 0. The summed E-state index contributed by atoms with van der Waals surface area (Å²) in [7, 11) is 0. The first-order valence-electron chi connectivity index (χ1n) is 6.89. The molecule has 0 aliphatic heterocycles. The number of rotatable bonds is 9. The molecule has 2 unspecified atom stereocenters. The lowest BCUT2D eigenvalue weighted by atomic mass is 9.84. The smallest absolute Gasteiger partial charge is 0.0409 e. The highest BCUT2D eigenvalue weighted by Gasteiger charge is 2.13. The van der Waals surface area contributed by atoms with Crippen molar-refractivity contribution in [2.75, 3.05) is 0 Å². The summed E-state index contributed by atoms with van der Waals surface area (Å²) in [4.78, 5) is 0. The van der Waals surface area contributed by atoms with Gasteiger partial charge in [-0.15, -0.1) is 0 Å². The molecule has 0 heterocycles. The minimum atomic E-state index is 0.815. The SMILES string of the molecule is [CH2]CC(C)CC(CCCCC)CC(C)C. The molecule has 1 radical (unpaired) electrons. The minimum Gasteiger partial charge on any atom is -0.0654 e. The van der Waals surface area contributed by atoms with E-state index in [0.29, 0.717) is 0 Å². The molecule has 0 aromatic carbocycles. The normalized spacial score (nSPS) is 15.6. The van der Waals surface area contributed by atoms with E-state index in [9.17, 15) is 0 Å². The van der Waals surface area contributed by atoms with Gasteiger partial charge in [0.15, 0.2) is 0 Å². The Hall–Kier alpha value is 0.